The average molecular weight is 448 g/mol. The highest BCUT2D eigenvalue weighted by atomic mass is 19.3. The summed E-state index contributed by atoms with van der Waals surface area (Å²) in [7, 11) is 0. The van der Waals surface area contributed by atoms with Gasteiger partial charge in [0.25, 0.3) is 5.91 Å². The van der Waals surface area contributed by atoms with Crippen LogP contribution in [0.15, 0.2) is 71.3 Å². The van der Waals surface area contributed by atoms with E-state index in [2.05, 4.69) is 19.8 Å². The Morgan fingerprint density at radius 1 is 0.939 bits per heavy atom. The number of fused-ring (bicyclic) bond motifs is 1. The Kier molecular flexibility index (Phi) is 4.85. The molecule has 0 saturated heterocycles. The highest BCUT2D eigenvalue weighted by Crippen LogP contribution is 2.44. The largest absolute Gasteiger partial charge is 0.586 e. The van der Waals surface area contributed by atoms with Crippen molar-refractivity contribution in [1.82, 2.24) is 4.98 Å². The van der Waals surface area contributed by atoms with Crippen molar-refractivity contribution in [2.75, 3.05) is 5.32 Å². The summed E-state index contributed by atoms with van der Waals surface area (Å²) in [6.07, 6.45) is -2.12. The predicted molar refractivity (Wildman–Crippen MR) is 117 cm³/mol. The van der Waals surface area contributed by atoms with E-state index in [4.69, 9.17) is 4.42 Å². The molecule has 0 bridgehead atoms. The molecule has 2 aromatic carbocycles. The van der Waals surface area contributed by atoms with Gasteiger partial charge in [-0.25, -0.2) is 4.98 Å². The van der Waals surface area contributed by atoms with E-state index in [9.17, 15) is 13.6 Å². The number of amides is 1. The summed E-state index contributed by atoms with van der Waals surface area (Å²) >= 11 is 0. The minimum absolute atomic E-state index is 0.0107. The molecule has 1 N–H and O–H groups in total. The second-order valence-corrected chi connectivity index (χ2v) is 7.61. The molecule has 8 heteroatoms. The number of aromatic nitrogens is 1. The van der Waals surface area contributed by atoms with E-state index < -0.39 is 6.29 Å². The van der Waals surface area contributed by atoms with Gasteiger partial charge in [-0.15, -0.1) is 8.78 Å². The maximum absolute atomic E-state index is 13.3. The summed E-state index contributed by atoms with van der Waals surface area (Å²) < 4.78 is 41.4. The third-order valence-corrected chi connectivity index (χ3v) is 5.29. The number of hydrogen-bond donors (Lipinski definition) is 1. The molecule has 166 valence electrons. The van der Waals surface area contributed by atoms with Gasteiger partial charge in [0.05, 0.1) is 5.56 Å². The van der Waals surface area contributed by atoms with Gasteiger partial charge in [0, 0.05) is 17.3 Å². The number of halogens is 2. The number of rotatable bonds is 4. The van der Waals surface area contributed by atoms with E-state index in [0.29, 0.717) is 34.0 Å². The van der Waals surface area contributed by atoms with Gasteiger partial charge in [0.1, 0.15) is 17.3 Å². The predicted octanol–water partition coefficient (Wildman–Crippen LogP) is 6.20. The van der Waals surface area contributed by atoms with Crippen molar-refractivity contribution in [2.45, 2.75) is 20.1 Å². The van der Waals surface area contributed by atoms with Crippen molar-refractivity contribution < 1.29 is 27.5 Å². The zero-order chi connectivity index (χ0) is 23.2. The molecular formula is C25H18F2N2O4. The molecule has 1 aliphatic rings. The number of carbonyl (C=O) groups is 1. The number of benzene rings is 2. The van der Waals surface area contributed by atoms with Crippen LogP contribution in [0.3, 0.4) is 0 Å². The molecule has 6 nitrogen and oxygen atoms in total. The lowest BCUT2D eigenvalue weighted by molar-refractivity contribution is -0.286. The van der Waals surface area contributed by atoms with Gasteiger partial charge in [0.2, 0.25) is 0 Å². The van der Waals surface area contributed by atoms with Crippen LogP contribution in [0.2, 0.25) is 0 Å². The molecule has 0 fully saturated rings. The van der Waals surface area contributed by atoms with Crippen LogP contribution in [0.5, 0.6) is 11.5 Å². The quantitative estimate of drug-likeness (QED) is 0.402. The second kappa shape index (κ2) is 7.74. The maximum atomic E-state index is 13.3. The highest BCUT2D eigenvalue weighted by molar-refractivity contribution is 6.05. The van der Waals surface area contributed by atoms with Crippen molar-refractivity contribution in [3.05, 3.63) is 83.7 Å². The number of nitrogens with zero attached hydrogens (tertiary/aromatic N) is 1. The number of hydrogen-bond acceptors (Lipinski definition) is 5. The lowest BCUT2D eigenvalue weighted by Gasteiger charge is -2.09. The minimum Gasteiger partial charge on any atom is -0.461 e. The smallest absolute Gasteiger partial charge is 0.461 e. The van der Waals surface area contributed by atoms with Crippen LogP contribution in [0.25, 0.3) is 22.5 Å². The number of carbonyl (C=O) groups excluding carboxylic acids is 1. The first-order valence-electron chi connectivity index (χ1n) is 10.1. The van der Waals surface area contributed by atoms with Crippen molar-refractivity contribution >= 4 is 11.7 Å². The van der Waals surface area contributed by atoms with Gasteiger partial charge >= 0.3 is 6.29 Å². The third kappa shape index (κ3) is 4.03. The third-order valence-electron chi connectivity index (χ3n) is 5.29. The van der Waals surface area contributed by atoms with Crippen LogP contribution in [-0.2, 0) is 0 Å². The molecule has 0 atom stereocenters. The first kappa shape index (κ1) is 20.7. The first-order chi connectivity index (χ1) is 15.8. The number of pyridine rings is 1. The lowest BCUT2D eigenvalue weighted by Crippen LogP contribution is -2.25. The lowest BCUT2D eigenvalue weighted by atomic mass is 10.0. The molecule has 4 aromatic rings. The maximum Gasteiger partial charge on any atom is 0.586 e. The van der Waals surface area contributed by atoms with Gasteiger partial charge in [-0.1, -0.05) is 30.3 Å². The van der Waals surface area contributed by atoms with Crippen LogP contribution in [-0.4, -0.2) is 17.2 Å². The number of nitrogens with one attached hydrogen (secondary N) is 1. The van der Waals surface area contributed by atoms with Crippen molar-refractivity contribution in [1.29, 1.82) is 0 Å². The number of anilines is 1. The van der Waals surface area contributed by atoms with Gasteiger partial charge in [0.15, 0.2) is 11.5 Å². The SMILES string of the molecule is Cc1cc2c(cc1-c1ccc(NC(=O)c3cc(-c4ccccc4)oc3C)nc1)OC(F)(F)O2. The molecule has 2 aromatic heterocycles. The van der Waals surface area contributed by atoms with Crippen LogP contribution < -0.4 is 14.8 Å². The zero-order valence-corrected chi connectivity index (χ0v) is 17.7. The van der Waals surface area contributed by atoms with E-state index in [0.717, 1.165) is 11.1 Å². The summed E-state index contributed by atoms with van der Waals surface area (Å²) in [5, 5.41) is 2.76. The molecule has 1 aliphatic heterocycles. The standard InChI is InChI=1S/C25H18F2N2O4/c1-14-10-21-22(33-25(26,27)32-21)11-18(14)17-8-9-23(28-13-17)29-24(30)19-12-20(31-15(19)2)16-6-4-3-5-7-16/h3-13H,1-2H3,(H,28,29,30). The van der Waals surface area contributed by atoms with Crippen LogP contribution in [0.1, 0.15) is 21.7 Å². The van der Waals surface area contributed by atoms with E-state index in [-0.39, 0.29) is 17.4 Å². The van der Waals surface area contributed by atoms with Crippen LogP contribution >= 0.6 is 0 Å². The van der Waals surface area contributed by atoms with E-state index in [1.54, 1.807) is 38.2 Å². The molecule has 0 radical (unpaired) electrons. The molecule has 0 aliphatic carbocycles. The topological polar surface area (TPSA) is 73.6 Å². The molecule has 0 saturated carbocycles. The van der Waals surface area contributed by atoms with E-state index in [1.807, 2.05) is 30.3 Å². The fraction of sp³-hybridized carbons (Fsp3) is 0.120. The van der Waals surface area contributed by atoms with Gasteiger partial charge in [-0.05, 0) is 55.3 Å². The fourth-order valence-electron chi connectivity index (χ4n) is 3.67. The Morgan fingerprint density at radius 2 is 1.67 bits per heavy atom. The number of furan rings is 1. The highest BCUT2D eigenvalue weighted by Gasteiger charge is 2.43. The summed E-state index contributed by atoms with van der Waals surface area (Å²) in [6, 6.07) is 17.6. The monoisotopic (exact) mass is 448 g/mol. The van der Waals surface area contributed by atoms with Crippen molar-refractivity contribution in [3.8, 4) is 33.9 Å². The normalized spacial score (nSPS) is 13.7. The van der Waals surface area contributed by atoms with Gasteiger partial charge in [-0.3, -0.25) is 4.79 Å². The molecule has 1 amide bonds. The number of alkyl halides is 2. The summed E-state index contributed by atoms with van der Waals surface area (Å²) in [5.74, 6) is 1.04. The molecular weight excluding hydrogens is 430 g/mol. The van der Waals surface area contributed by atoms with E-state index in [1.165, 1.54) is 12.1 Å². The minimum atomic E-state index is -3.68. The van der Waals surface area contributed by atoms with Crippen molar-refractivity contribution in [3.63, 3.8) is 0 Å². The van der Waals surface area contributed by atoms with Gasteiger partial charge in [-0.2, -0.15) is 0 Å². The number of ether oxygens (including phenoxy) is 2. The Hall–Kier alpha value is -4.20. The molecule has 0 unspecified atom stereocenters. The summed E-state index contributed by atoms with van der Waals surface area (Å²) in [5.41, 5.74) is 3.35. The summed E-state index contributed by atoms with van der Waals surface area (Å²) in [4.78, 5) is 17.1. The Labute approximate surface area is 187 Å². The van der Waals surface area contributed by atoms with Gasteiger partial charge < -0.3 is 19.2 Å². The first-order valence-corrected chi connectivity index (χ1v) is 10.1. The molecule has 3 heterocycles. The molecule has 33 heavy (non-hydrogen) atoms. The Balaban J connectivity index is 1.34. The zero-order valence-electron chi connectivity index (χ0n) is 17.7. The van der Waals surface area contributed by atoms with E-state index >= 15 is 0 Å². The number of aryl methyl sites for hydroxylation is 2. The second-order valence-electron chi connectivity index (χ2n) is 7.61. The van der Waals surface area contributed by atoms with Crippen LogP contribution in [0.4, 0.5) is 14.6 Å². The van der Waals surface area contributed by atoms with Crippen LogP contribution in [0, 0.1) is 13.8 Å². The Morgan fingerprint density at radius 3 is 2.36 bits per heavy atom. The molecule has 5 rings (SSSR count). The van der Waals surface area contributed by atoms with Crippen molar-refractivity contribution in [2.24, 2.45) is 0 Å². The Bertz CT molecular complexity index is 1350. The fourth-order valence-corrected chi connectivity index (χ4v) is 3.67. The molecule has 0 spiro atoms. The average Bonchev–Trinajstić information content (AvgIpc) is 3.32. The summed E-state index contributed by atoms with van der Waals surface area (Å²) in [6.45, 7) is 3.50.